The standard InChI is InChI=1S/C26H37N5O5S/c1-16-7-8-17(11-23(16)31(28)14-20(27)18-9-10-36-15-18)25(32)29-21-12-19(26(2,3)4)13-22(24(21)35-5)30-37(6,33)34/h7-8,11-14,18,30H,9-10,15,27-28H2,1-6H3,(H,29,32)/p+1. The molecule has 1 unspecified atom stereocenters. The molecule has 0 saturated carbocycles. The van der Waals surface area contributed by atoms with Gasteiger partial charge in [0.15, 0.2) is 5.75 Å². The molecule has 0 bridgehead atoms. The van der Waals surface area contributed by atoms with Gasteiger partial charge in [0.1, 0.15) is 5.70 Å². The van der Waals surface area contributed by atoms with Gasteiger partial charge in [0.05, 0.1) is 49.2 Å². The number of nitrogens with zero attached hydrogens (tertiary/aromatic N) is 1. The molecule has 1 heterocycles. The van der Waals surface area contributed by atoms with Crippen molar-refractivity contribution >= 4 is 33.0 Å². The van der Waals surface area contributed by atoms with Gasteiger partial charge in [-0.2, -0.15) is 0 Å². The van der Waals surface area contributed by atoms with Crippen LogP contribution < -0.4 is 31.4 Å². The van der Waals surface area contributed by atoms with Crippen molar-refractivity contribution in [3.05, 3.63) is 58.9 Å². The SMILES string of the molecule is COc1c(NC(=O)c2ccc(C)c(N(N)C=C([NH3+])C3CCOC3)c2)cc(C(C)(C)C)cc1NS(C)(=O)=O. The van der Waals surface area contributed by atoms with E-state index in [-0.39, 0.29) is 22.8 Å². The molecule has 1 aliphatic heterocycles. The van der Waals surface area contributed by atoms with Crippen molar-refractivity contribution < 1.29 is 28.4 Å². The van der Waals surface area contributed by atoms with E-state index in [0.29, 0.717) is 30.2 Å². The van der Waals surface area contributed by atoms with Crippen molar-refractivity contribution in [3.63, 3.8) is 0 Å². The number of hydrazine groups is 1. The highest BCUT2D eigenvalue weighted by atomic mass is 32.2. The van der Waals surface area contributed by atoms with Crippen LogP contribution in [0.1, 0.15) is 48.7 Å². The van der Waals surface area contributed by atoms with Gasteiger partial charge in [-0.15, -0.1) is 0 Å². The smallest absolute Gasteiger partial charge is 0.255 e. The third kappa shape index (κ3) is 7.22. The second kappa shape index (κ2) is 11.1. The van der Waals surface area contributed by atoms with Crippen LogP contribution in [-0.2, 0) is 20.2 Å². The first kappa shape index (κ1) is 28.5. The van der Waals surface area contributed by atoms with Crippen molar-refractivity contribution in [1.82, 2.24) is 0 Å². The van der Waals surface area contributed by atoms with Crippen LogP contribution >= 0.6 is 0 Å². The third-order valence-electron chi connectivity index (χ3n) is 6.21. The molecule has 0 aliphatic carbocycles. The number of nitrogens with one attached hydrogen (secondary N) is 2. The zero-order valence-corrected chi connectivity index (χ0v) is 23.2. The summed E-state index contributed by atoms with van der Waals surface area (Å²) >= 11 is 0. The van der Waals surface area contributed by atoms with E-state index in [1.54, 1.807) is 30.5 Å². The fraction of sp³-hybridized carbons (Fsp3) is 0.423. The minimum absolute atomic E-state index is 0.211. The monoisotopic (exact) mass is 532 g/mol. The molecule has 1 aliphatic rings. The van der Waals surface area contributed by atoms with Gasteiger partial charge in [0.25, 0.3) is 5.91 Å². The lowest BCUT2D eigenvalue weighted by Crippen LogP contribution is -2.52. The molecule has 0 aromatic heterocycles. The van der Waals surface area contributed by atoms with Crippen molar-refractivity contribution in [2.24, 2.45) is 11.8 Å². The highest BCUT2D eigenvalue weighted by Gasteiger charge is 2.24. The first-order chi connectivity index (χ1) is 17.2. The van der Waals surface area contributed by atoms with E-state index >= 15 is 0 Å². The number of sulfonamides is 1. The summed E-state index contributed by atoms with van der Waals surface area (Å²) in [5, 5.41) is 4.36. The van der Waals surface area contributed by atoms with Gasteiger partial charge in [-0.25, -0.2) is 14.3 Å². The molecule has 0 radical (unpaired) electrons. The van der Waals surface area contributed by atoms with Gasteiger partial charge in [-0.1, -0.05) is 26.8 Å². The maximum absolute atomic E-state index is 13.3. The molecule has 202 valence electrons. The Morgan fingerprint density at radius 2 is 1.92 bits per heavy atom. The first-order valence-electron chi connectivity index (χ1n) is 12.0. The van der Waals surface area contributed by atoms with Gasteiger partial charge in [0.2, 0.25) is 10.0 Å². The Labute approximate surface area is 219 Å². The van der Waals surface area contributed by atoms with Crippen LogP contribution in [0.4, 0.5) is 17.1 Å². The number of rotatable bonds is 8. The number of amides is 1. The minimum Gasteiger partial charge on any atom is -0.492 e. The molecule has 1 saturated heterocycles. The molecule has 2 aromatic rings. The highest BCUT2D eigenvalue weighted by Crippen LogP contribution is 2.39. The third-order valence-corrected chi connectivity index (χ3v) is 6.80. The van der Waals surface area contributed by atoms with Gasteiger partial charge in [-0.05, 0) is 54.2 Å². The molecule has 1 atom stereocenters. The number of hydrogen-bond donors (Lipinski definition) is 4. The van der Waals surface area contributed by atoms with Crippen LogP contribution in [0.25, 0.3) is 0 Å². The van der Waals surface area contributed by atoms with Crippen LogP contribution in [0, 0.1) is 12.8 Å². The summed E-state index contributed by atoms with van der Waals surface area (Å²) in [6.45, 7) is 9.22. The molecule has 2 aromatic carbocycles. The number of anilines is 3. The summed E-state index contributed by atoms with van der Waals surface area (Å²) in [7, 11) is -2.17. The van der Waals surface area contributed by atoms with Gasteiger partial charge in [0, 0.05) is 12.2 Å². The van der Waals surface area contributed by atoms with E-state index in [1.165, 1.54) is 12.1 Å². The zero-order chi connectivity index (χ0) is 27.5. The zero-order valence-electron chi connectivity index (χ0n) is 22.3. The lowest BCUT2D eigenvalue weighted by Gasteiger charge is -2.24. The Balaban J connectivity index is 1.96. The number of carbonyl (C=O) groups excluding carboxylic acids is 1. The van der Waals surface area contributed by atoms with Crippen molar-refractivity contribution in [2.45, 2.75) is 39.5 Å². The predicted molar refractivity (Wildman–Crippen MR) is 146 cm³/mol. The van der Waals surface area contributed by atoms with E-state index in [2.05, 4.69) is 15.8 Å². The second-order valence-corrected chi connectivity index (χ2v) is 12.1. The second-order valence-electron chi connectivity index (χ2n) is 10.4. The van der Waals surface area contributed by atoms with Gasteiger partial charge < -0.3 is 20.5 Å². The van der Waals surface area contributed by atoms with E-state index in [1.807, 2.05) is 33.8 Å². The molecule has 11 heteroatoms. The number of aryl methyl sites for hydroxylation is 1. The summed E-state index contributed by atoms with van der Waals surface area (Å²) in [6, 6.07) is 8.73. The number of hydrogen-bond acceptors (Lipinski definition) is 7. The number of nitrogens with two attached hydrogens (primary N) is 1. The summed E-state index contributed by atoms with van der Waals surface area (Å²) < 4.78 is 37.4. The number of methoxy groups -OCH3 is 1. The average molecular weight is 533 g/mol. The van der Waals surface area contributed by atoms with Crippen LogP contribution in [0.2, 0.25) is 0 Å². The van der Waals surface area contributed by atoms with Crippen LogP contribution in [0.3, 0.4) is 0 Å². The molecule has 1 amide bonds. The van der Waals surface area contributed by atoms with E-state index in [0.717, 1.165) is 29.5 Å². The molecule has 0 spiro atoms. The Bertz CT molecular complexity index is 1300. The largest absolute Gasteiger partial charge is 0.492 e. The van der Waals surface area contributed by atoms with Crippen LogP contribution in [0.5, 0.6) is 5.75 Å². The lowest BCUT2D eigenvalue weighted by atomic mass is 9.86. The molecule has 37 heavy (non-hydrogen) atoms. The number of carbonyl (C=O) groups is 1. The summed E-state index contributed by atoms with van der Waals surface area (Å²) in [5.41, 5.74) is 8.00. The van der Waals surface area contributed by atoms with E-state index < -0.39 is 15.9 Å². The Morgan fingerprint density at radius 3 is 2.49 bits per heavy atom. The molecular weight excluding hydrogens is 494 g/mol. The van der Waals surface area contributed by atoms with E-state index in [9.17, 15) is 13.2 Å². The minimum atomic E-state index is -3.59. The fourth-order valence-electron chi connectivity index (χ4n) is 4.05. The summed E-state index contributed by atoms with van der Waals surface area (Å²) in [6.07, 6.45) is 3.73. The molecular formula is C26H38N5O5S+. The van der Waals surface area contributed by atoms with Crippen LogP contribution in [0.15, 0.2) is 42.2 Å². The lowest BCUT2D eigenvalue weighted by molar-refractivity contribution is -0.315. The molecule has 7 N–H and O–H groups in total. The fourth-order valence-corrected chi connectivity index (χ4v) is 4.61. The Hall–Kier alpha value is -3.12. The Kier molecular flexibility index (Phi) is 8.53. The van der Waals surface area contributed by atoms with Crippen molar-refractivity contribution in [1.29, 1.82) is 0 Å². The molecule has 3 rings (SSSR count). The maximum atomic E-state index is 13.3. The highest BCUT2D eigenvalue weighted by molar-refractivity contribution is 7.92. The number of quaternary nitrogens is 1. The predicted octanol–water partition coefficient (Wildman–Crippen LogP) is 2.72. The number of benzene rings is 2. The molecule has 1 fully saturated rings. The first-order valence-corrected chi connectivity index (χ1v) is 13.9. The normalized spacial score (nSPS) is 16.4. The van der Waals surface area contributed by atoms with Gasteiger partial charge >= 0.3 is 0 Å². The quantitative estimate of drug-likeness (QED) is 0.301. The maximum Gasteiger partial charge on any atom is 0.255 e. The average Bonchev–Trinajstić information content (AvgIpc) is 3.32. The van der Waals surface area contributed by atoms with Gasteiger partial charge in [-0.3, -0.25) is 14.5 Å². The Morgan fingerprint density at radius 1 is 1.24 bits per heavy atom. The van der Waals surface area contributed by atoms with Crippen LogP contribution in [-0.4, -0.2) is 40.9 Å². The summed E-state index contributed by atoms with van der Waals surface area (Å²) in [5.74, 6) is 6.37. The van der Waals surface area contributed by atoms with Crippen molar-refractivity contribution in [2.75, 3.05) is 41.6 Å². The summed E-state index contributed by atoms with van der Waals surface area (Å²) in [4.78, 5) is 13.3. The topological polar surface area (TPSA) is 151 Å². The van der Waals surface area contributed by atoms with Crippen molar-refractivity contribution in [3.8, 4) is 5.75 Å². The molecule has 10 nitrogen and oxygen atoms in total. The number of ether oxygens (including phenoxy) is 2. The van der Waals surface area contributed by atoms with E-state index in [4.69, 9.17) is 15.3 Å².